The fourth-order valence-corrected chi connectivity index (χ4v) is 5.40. The first-order valence-electron chi connectivity index (χ1n) is 12.6. The van der Waals surface area contributed by atoms with E-state index in [1.807, 2.05) is 38.1 Å². The van der Waals surface area contributed by atoms with Gasteiger partial charge in [-0.15, -0.1) is 0 Å². The third-order valence-corrected chi connectivity index (χ3v) is 7.15. The number of anilines is 1. The average molecular weight is 528 g/mol. The van der Waals surface area contributed by atoms with Crippen LogP contribution in [0.2, 0.25) is 5.02 Å². The number of halogens is 4. The Bertz CT molecular complexity index is 1300. The second kappa shape index (κ2) is 10.9. The van der Waals surface area contributed by atoms with Crippen molar-refractivity contribution in [3.05, 3.63) is 98.7 Å². The van der Waals surface area contributed by atoms with Crippen molar-refractivity contribution in [3.8, 4) is 0 Å². The molecule has 196 valence electrons. The van der Waals surface area contributed by atoms with Crippen molar-refractivity contribution in [1.82, 2.24) is 5.01 Å². The number of hydrogen-bond donors (Lipinski definition) is 0. The lowest BCUT2D eigenvalue weighted by Crippen LogP contribution is -2.38. The lowest BCUT2D eigenvalue weighted by molar-refractivity contribution is -0.0953. The van der Waals surface area contributed by atoms with E-state index in [1.165, 1.54) is 5.01 Å². The third kappa shape index (κ3) is 5.70. The second-order valence-electron chi connectivity index (χ2n) is 9.93. The van der Waals surface area contributed by atoms with Gasteiger partial charge in [-0.05, 0) is 73.6 Å². The molecule has 2 aromatic rings. The van der Waals surface area contributed by atoms with Gasteiger partial charge in [-0.25, -0.2) is 5.01 Å². The molecule has 0 radical (unpaired) electrons. The fourth-order valence-electron chi connectivity index (χ4n) is 5.07. The van der Waals surface area contributed by atoms with Gasteiger partial charge < -0.3 is 0 Å². The predicted octanol–water partition coefficient (Wildman–Crippen LogP) is 8.38. The molecule has 3 nitrogen and oxygen atoms in total. The number of allylic oxidation sites excluding steroid dienone is 3. The second-order valence-corrected chi connectivity index (χ2v) is 10.3. The van der Waals surface area contributed by atoms with Crippen LogP contribution in [0.5, 0.6) is 0 Å². The zero-order valence-corrected chi connectivity index (χ0v) is 22.6. The van der Waals surface area contributed by atoms with Crippen LogP contribution in [0, 0.1) is 13.8 Å². The van der Waals surface area contributed by atoms with E-state index in [-0.39, 0.29) is 18.7 Å². The summed E-state index contributed by atoms with van der Waals surface area (Å²) in [7, 11) is 1.69. The number of unbranched alkanes of at least 4 members (excludes halogenated alkanes) is 1. The Kier molecular flexibility index (Phi) is 8.00. The van der Waals surface area contributed by atoms with E-state index < -0.39 is 11.9 Å². The van der Waals surface area contributed by atoms with E-state index in [1.54, 1.807) is 30.3 Å². The summed E-state index contributed by atoms with van der Waals surface area (Å²) in [5.74, 6) is 0. The topological polar surface area (TPSA) is 18.8 Å². The Balaban J connectivity index is 1.88. The van der Waals surface area contributed by atoms with E-state index in [0.717, 1.165) is 47.1 Å². The molecular formula is C30H33ClF3N3. The summed E-state index contributed by atoms with van der Waals surface area (Å²) in [4.78, 5) is 4.77. The lowest BCUT2D eigenvalue weighted by atomic mass is 9.89. The summed E-state index contributed by atoms with van der Waals surface area (Å²) in [6.45, 7) is 10.5. The van der Waals surface area contributed by atoms with Crippen molar-refractivity contribution in [2.75, 3.05) is 25.1 Å². The molecule has 0 aliphatic carbocycles. The van der Waals surface area contributed by atoms with Crippen LogP contribution in [-0.4, -0.2) is 37.0 Å². The lowest BCUT2D eigenvalue weighted by Gasteiger charge is -2.30. The number of nitrogens with zero attached hydrogens (tertiary/aromatic N) is 3. The summed E-state index contributed by atoms with van der Waals surface area (Å²) >= 11 is 6.61. The number of alkyl halides is 3. The SMILES string of the molecule is C=C(CCCC)CC1=C(C2=C(C(F)(F)F)N(c3cccc(C)c3)N(C)C2)CN=C1c1ccc(C)cc1Cl. The predicted molar refractivity (Wildman–Crippen MR) is 147 cm³/mol. The summed E-state index contributed by atoms with van der Waals surface area (Å²) < 4.78 is 44.2. The van der Waals surface area contributed by atoms with Crippen LogP contribution >= 0.6 is 11.6 Å². The number of aliphatic imine (C=N–C) groups is 1. The quantitative estimate of drug-likeness (QED) is 0.321. The average Bonchev–Trinajstić information content (AvgIpc) is 3.38. The van der Waals surface area contributed by atoms with Gasteiger partial charge >= 0.3 is 6.18 Å². The highest BCUT2D eigenvalue weighted by atomic mass is 35.5. The van der Waals surface area contributed by atoms with Gasteiger partial charge in [0.25, 0.3) is 0 Å². The number of hydrazine groups is 1. The van der Waals surface area contributed by atoms with Gasteiger partial charge in [-0.3, -0.25) is 10.0 Å². The maximum Gasteiger partial charge on any atom is 0.433 e. The molecule has 0 amide bonds. The van der Waals surface area contributed by atoms with Crippen molar-refractivity contribution in [3.63, 3.8) is 0 Å². The minimum atomic E-state index is -4.55. The van der Waals surface area contributed by atoms with Crippen molar-refractivity contribution in [2.24, 2.45) is 4.99 Å². The highest BCUT2D eigenvalue weighted by Crippen LogP contribution is 2.44. The number of likely N-dealkylation sites (N-methyl/N-ethyl adjacent to an activating group) is 1. The molecule has 2 aromatic carbocycles. The molecule has 0 bridgehead atoms. The minimum absolute atomic E-state index is 0.132. The van der Waals surface area contributed by atoms with Crippen molar-refractivity contribution < 1.29 is 13.2 Å². The van der Waals surface area contributed by atoms with E-state index in [0.29, 0.717) is 28.4 Å². The zero-order chi connectivity index (χ0) is 26.9. The molecule has 0 spiro atoms. The van der Waals surface area contributed by atoms with Gasteiger partial charge in [0.15, 0.2) is 0 Å². The molecule has 0 atom stereocenters. The summed E-state index contributed by atoms with van der Waals surface area (Å²) in [5, 5.41) is 3.46. The fraction of sp³-hybridized carbons (Fsp3) is 0.367. The Morgan fingerprint density at radius 3 is 2.46 bits per heavy atom. The standard InChI is InChI=1S/C30H33ClF3N3/c1-6-7-9-20(3)15-24-25(17-35-28(24)23-13-12-21(4)16-27(23)31)26-18-36(5)37(29(26)30(32,33)34)22-11-8-10-19(2)14-22/h8,10-14,16H,3,6-7,9,15,17-18H2,1-2,4-5H3. The molecule has 7 heteroatoms. The number of hydrogen-bond acceptors (Lipinski definition) is 3. The number of aryl methyl sites for hydroxylation is 2. The van der Waals surface area contributed by atoms with Gasteiger partial charge in [-0.1, -0.05) is 61.4 Å². The van der Waals surface area contributed by atoms with Gasteiger partial charge in [0.2, 0.25) is 0 Å². The van der Waals surface area contributed by atoms with Gasteiger partial charge in [-0.2, -0.15) is 13.2 Å². The molecule has 0 saturated carbocycles. The first-order valence-corrected chi connectivity index (χ1v) is 13.0. The van der Waals surface area contributed by atoms with Crippen LogP contribution in [0.1, 0.15) is 49.3 Å². The van der Waals surface area contributed by atoms with Gasteiger partial charge in [0, 0.05) is 24.7 Å². The van der Waals surface area contributed by atoms with Gasteiger partial charge in [0.05, 0.1) is 23.0 Å². The molecule has 4 rings (SSSR count). The number of rotatable bonds is 8. The maximum atomic E-state index is 14.7. The molecule has 37 heavy (non-hydrogen) atoms. The molecule has 2 aliphatic heterocycles. The minimum Gasteiger partial charge on any atom is -0.280 e. The molecular weight excluding hydrogens is 495 g/mol. The van der Waals surface area contributed by atoms with Crippen LogP contribution in [-0.2, 0) is 0 Å². The molecule has 0 N–H and O–H groups in total. The Morgan fingerprint density at radius 2 is 1.81 bits per heavy atom. The van der Waals surface area contributed by atoms with E-state index in [4.69, 9.17) is 16.6 Å². The summed E-state index contributed by atoms with van der Waals surface area (Å²) in [5.41, 5.74) is 5.83. The first-order chi connectivity index (χ1) is 17.5. The van der Waals surface area contributed by atoms with Crippen LogP contribution in [0.3, 0.4) is 0 Å². The zero-order valence-electron chi connectivity index (χ0n) is 21.8. The Hall–Kier alpha value is -2.83. The third-order valence-electron chi connectivity index (χ3n) is 6.84. The van der Waals surface area contributed by atoms with Crippen LogP contribution < -0.4 is 5.01 Å². The monoisotopic (exact) mass is 527 g/mol. The van der Waals surface area contributed by atoms with Crippen molar-refractivity contribution >= 4 is 23.0 Å². The van der Waals surface area contributed by atoms with Crippen LogP contribution in [0.15, 0.2) is 82.0 Å². The number of benzene rings is 2. The maximum absolute atomic E-state index is 14.7. The summed E-state index contributed by atoms with van der Waals surface area (Å²) in [6, 6.07) is 12.9. The van der Waals surface area contributed by atoms with Crippen LogP contribution in [0.25, 0.3) is 0 Å². The smallest absolute Gasteiger partial charge is 0.280 e. The molecule has 0 fully saturated rings. The van der Waals surface area contributed by atoms with E-state index >= 15 is 0 Å². The molecule has 2 aliphatic rings. The first kappa shape index (κ1) is 27.2. The highest BCUT2D eigenvalue weighted by Gasteiger charge is 2.47. The van der Waals surface area contributed by atoms with Gasteiger partial charge in [0.1, 0.15) is 5.70 Å². The molecule has 0 saturated heterocycles. The van der Waals surface area contributed by atoms with E-state index in [9.17, 15) is 13.2 Å². The Labute approximate surface area is 222 Å². The summed E-state index contributed by atoms with van der Waals surface area (Å²) in [6.07, 6.45) is -1.25. The largest absolute Gasteiger partial charge is 0.433 e. The molecule has 2 heterocycles. The normalized spacial score (nSPS) is 16.8. The molecule has 0 aromatic heterocycles. The van der Waals surface area contributed by atoms with Crippen molar-refractivity contribution in [1.29, 1.82) is 0 Å². The molecule has 0 unspecified atom stereocenters. The van der Waals surface area contributed by atoms with Crippen LogP contribution in [0.4, 0.5) is 18.9 Å². The Morgan fingerprint density at radius 1 is 1.08 bits per heavy atom. The van der Waals surface area contributed by atoms with Crippen molar-refractivity contribution in [2.45, 2.75) is 52.6 Å². The van der Waals surface area contributed by atoms with E-state index in [2.05, 4.69) is 13.5 Å². The highest BCUT2D eigenvalue weighted by molar-refractivity contribution is 6.35.